The molecular formula is C12H19N3O. The second-order valence-corrected chi connectivity index (χ2v) is 4.89. The summed E-state index contributed by atoms with van der Waals surface area (Å²) in [6, 6.07) is 1.54. The first-order chi connectivity index (χ1) is 7.74. The Bertz CT molecular complexity index is 304. The van der Waals surface area contributed by atoms with Gasteiger partial charge in [-0.3, -0.25) is 4.79 Å². The standard InChI is InChI=1S/C12H19N3O/c13-8-10-6-7-15(10)12(16)11(14)9-4-2-1-3-5-9/h9-11H,1-7,14H2. The van der Waals surface area contributed by atoms with E-state index in [9.17, 15) is 4.79 Å². The van der Waals surface area contributed by atoms with Crippen molar-refractivity contribution in [2.24, 2.45) is 11.7 Å². The van der Waals surface area contributed by atoms with Gasteiger partial charge in [-0.2, -0.15) is 5.26 Å². The fourth-order valence-corrected chi connectivity index (χ4v) is 2.67. The zero-order valence-corrected chi connectivity index (χ0v) is 9.56. The number of carbonyl (C=O) groups excluding carboxylic acids is 1. The summed E-state index contributed by atoms with van der Waals surface area (Å²) in [6.07, 6.45) is 6.58. The topological polar surface area (TPSA) is 70.1 Å². The van der Waals surface area contributed by atoms with Gasteiger partial charge in [-0.15, -0.1) is 0 Å². The van der Waals surface area contributed by atoms with E-state index >= 15 is 0 Å². The average molecular weight is 221 g/mol. The lowest BCUT2D eigenvalue weighted by Crippen LogP contribution is -2.57. The van der Waals surface area contributed by atoms with Crippen LogP contribution in [0, 0.1) is 17.2 Å². The van der Waals surface area contributed by atoms with Crippen LogP contribution in [-0.4, -0.2) is 29.4 Å². The molecule has 0 aromatic rings. The van der Waals surface area contributed by atoms with Gasteiger partial charge >= 0.3 is 0 Å². The summed E-state index contributed by atoms with van der Waals surface area (Å²) in [5, 5.41) is 8.81. The van der Waals surface area contributed by atoms with Crippen molar-refractivity contribution in [2.75, 3.05) is 6.54 Å². The molecule has 0 spiro atoms. The zero-order valence-electron chi connectivity index (χ0n) is 9.56. The van der Waals surface area contributed by atoms with Gasteiger partial charge < -0.3 is 10.6 Å². The second-order valence-electron chi connectivity index (χ2n) is 4.89. The number of rotatable bonds is 2. The number of carbonyl (C=O) groups is 1. The molecule has 1 aliphatic heterocycles. The van der Waals surface area contributed by atoms with Crippen LogP contribution < -0.4 is 5.73 Å². The number of likely N-dealkylation sites (tertiary alicyclic amines) is 1. The smallest absolute Gasteiger partial charge is 0.240 e. The molecule has 0 aromatic heterocycles. The van der Waals surface area contributed by atoms with E-state index in [-0.39, 0.29) is 18.0 Å². The van der Waals surface area contributed by atoms with E-state index in [1.807, 2.05) is 0 Å². The first kappa shape index (κ1) is 11.4. The summed E-state index contributed by atoms with van der Waals surface area (Å²) in [4.78, 5) is 13.7. The molecule has 2 rings (SSSR count). The highest BCUT2D eigenvalue weighted by atomic mass is 16.2. The first-order valence-electron chi connectivity index (χ1n) is 6.19. The molecule has 2 aliphatic rings. The van der Waals surface area contributed by atoms with Gasteiger partial charge in [0.15, 0.2) is 0 Å². The average Bonchev–Trinajstić information content (AvgIpc) is 2.28. The van der Waals surface area contributed by atoms with Crippen LogP contribution in [0.1, 0.15) is 38.5 Å². The van der Waals surface area contributed by atoms with E-state index in [2.05, 4.69) is 6.07 Å². The van der Waals surface area contributed by atoms with E-state index in [4.69, 9.17) is 11.0 Å². The molecule has 4 heteroatoms. The molecule has 1 saturated heterocycles. The molecule has 2 fully saturated rings. The van der Waals surface area contributed by atoms with E-state index in [1.165, 1.54) is 19.3 Å². The number of nitriles is 1. The lowest BCUT2D eigenvalue weighted by Gasteiger charge is -2.39. The van der Waals surface area contributed by atoms with Gasteiger partial charge in [-0.1, -0.05) is 19.3 Å². The Hall–Kier alpha value is -1.08. The molecule has 16 heavy (non-hydrogen) atoms. The maximum absolute atomic E-state index is 12.0. The molecule has 2 atom stereocenters. The first-order valence-corrected chi connectivity index (χ1v) is 6.19. The Balaban J connectivity index is 1.91. The molecule has 1 amide bonds. The normalized spacial score (nSPS) is 28.0. The van der Waals surface area contributed by atoms with Crippen LogP contribution in [0.2, 0.25) is 0 Å². The van der Waals surface area contributed by atoms with Crippen LogP contribution in [0.25, 0.3) is 0 Å². The number of hydrogen-bond acceptors (Lipinski definition) is 3. The van der Waals surface area contributed by atoms with Crippen LogP contribution in [0.3, 0.4) is 0 Å². The molecule has 4 nitrogen and oxygen atoms in total. The quantitative estimate of drug-likeness (QED) is 0.756. The highest BCUT2D eigenvalue weighted by Gasteiger charge is 2.37. The third-order valence-electron chi connectivity index (χ3n) is 3.89. The lowest BCUT2D eigenvalue weighted by molar-refractivity contribution is -0.139. The third-order valence-corrected chi connectivity index (χ3v) is 3.89. The van der Waals surface area contributed by atoms with Crippen molar-refractivity contribution < 1.29 is 4.79 Å². The third kappa shape index (κ3) is 2.05. The number of nitrogens with two attached hydrogens (primary N) is 1. The summed E-state index contributed by atoms with van der Waals surface area (Å²) >= 11 is 0. The maximum Gasteiger partial charge on any atom is 0.240 e. The van der Waals surface area contributed by atoms with Crippen molar-refractivity contribution >= 4 is 5.91 Å². The molecule has 2 unspecified atom stereocenters. The number of amides is 1. The molecule has 0 bridgehead atoms. The number of nitrogens with zero attached hydrogens (tertiary/aromatic N) is 2. The summed E-state index contributed by atoms with van der Waals surface area (Å²) in [5.74, 6) is 0.325. The highest BCUT2D eigenvalue weighted by Crippen LogP contribution is 2.28. The van der Waals surface area contributed by atoms with E-state index in [1.54, 1.807) is 4.90 Å². The molecule has 1 heterocycles. The van der Waals surface area contributed by atoms with Gasteiger partial charge in [0.05, 0.1) is 12.1 Å². The highest BCUT2D eigenvalue weighted by molar-refractivity contribution is 5.83. The van der Waals surface area contributed by atoms with Gasteiger partial charge in [-0.25, -0.2) is 0 Å². The fourth-order valence-electron chi connectivity index (χ4n) is 2.67. The predicted octanol–water partition coefficient (Wildman–Crippen LogP) is 1.02. The molecule has 1 aliphatic carbocycles. The summed E-state index contributed by atoms with van der Waals surface area (Å²) in [6.45, 7) is 0.706. The summed E-state index contributed by atoms with van der Waals surface area (Å²) < 4.78 is 0. The van der Waals surface area contributed by atoms with Crippen LogP contribution in [0.4, 0.5) is 0 Å². The van der Waals surface area contributed by atoms with Crippen LogP contribution >= 0.6 is 0 Å². The minimum atomic E-state index is -0.378. The Labute approximate surface area is 96.4 Å². The Kier molecular flexibility index (Phi) is 3.45. The maximum atomic E-state index is 12.0. The number of hydrogen-bond donors (Lipinski definition) is 1. The molecule has 88 valence electrons. The van der Waals surface area contributed by atoms with Crippen molar-refractivity contribution in [1.29, 1.82) is 5.26 Å². The fraction of sp³-hybridized carbons (Fsp3) is 0.833. The Morgan fingerprint density at radius 2 is 2.00 bits per heavy atom. The van der Waals surface area contributed by atoms with Gasteiger partial charge in [0.25, 0.3) is 0 Å². The predicted molar refractivity (Wildman–Crippen MR) is 60.3 cm³/mol. The van der Waals surface area contributed by atoms with Crippen LogP contribution in [0.15, 0.2) is 0 Å². The van der Waals surface area contributed by atoms with Gasteiger partial charge in [0, 0.05) is 6.54 Å². The largest absolute Gasteiger partial charge is 0.325 e. The van der Waals surface area contributed by atoms with Gasteiger partial charge in [0.1, 0.15) is 6.04 Å². The molecule has 2 N–H and O–H groups in total. The summed E-state index contributed by atoms with van der Waals surface area (Å²) in [7, 11) is 0. The zero-order chi connectivity index (χ0) is 11.5. The van der Waals surface area contributed by atoms with Crippen LogP contribution in [-0.2, 0) is 4.79 Å². The minimum absolute atomic E-state index is 0.00954. The van der Waals surface area contributed by atoms with Crippen molar-refractivity contribution in [3.8, 4) is 6.07 Å². The second kappa shape index (κ2) is 4.84. The Morgan fingerprint density at radius 3 is 2.50 bits per heavy atom. The lowest BCUT2D eigenvalue weighted by atomic mass is 9.83. The van der Waals surface area contributed by atoms with Gasteiger partial charge in [0.2, 0.25) is 5.91 Å². The SMILES string of the molecule is N#CC1CCN1C(=O)C(N)C1CCCCC1. The van der Waals surface area contributed by atoms with E-state index in [0.717, 1.165) is 19.3 Å². The molecule has 0 radical (unpaired) electrons. The van der Waals surface area contributed by atoms with Crippen molar-refractivity contribution in [3.05, 3.63) is 0 Å². The summed E-state index contributed by atoms with van der Waals surface area (Å²) in [5.41, 5.74) is 6.02. The van der Waals surface area contributed by atoms with Crippen LogP contribution in [0.5, 0.6) is 0 Å². The Morgan fingerprint density at radius 1 is 1.31 bits per heavy atom. The van der Waals surface area contributed by atoms with Crippen molar-refractivity contribution in [3.63, 3.8) is 0 Å². The molecule has 0 aromatic carbocycles. The van der Waals surface area contributed by atoms with Gasteiger partial charge in [-0.05, 0) is 25.2 Å². The molecular weight excluding hydrogens is 202 g/mol. The van der Waals surface area contributed by atoms with Crippen molar-refractivity contribution in [2.45, 2.75) is 50.6 Å². The van der Waals surface area contributed by atoms with E-state index < -0.39 is 0 Å². The van der Waals surface area contributed by atoms with Crippen molar-refractivity contribution in [1.82, 2.24) is 4.90 Å². The minimum Gasteiger partial charge on any atom is -0.325 e. The molecule has 1 saturated carbocycles. The van der Waals surface area contributed by atoms with E-state index in [0.29, 0.717) is 12.5 Å². The monoisotopic (exact) mass is 221 g/mol.